The molecule has 1 aromatic carbocycles. The van der Waals surface area contributed by atoms with Gasteiger partial charge in [-0.25, -0.2) is 9.97 Å². The Morgan fingerprint density at radius 3 is 2.52 bits per heavy atom. The number of carbonyl (C=O) groups is 2. The molecule has 1 atom stereocenters. The summed E-state index contributed by atoms with van der Waals surface area (Å²) in [7, 11) is 0. The van der Waals surface area contributed by atoms with Crippen LogP contribution in [0.3, 0.4) is 0 Å². The monoisotopic (exact) mass is 393 g/mol. The van der Waals surface area contributed by atoms with E-state index in [0.29, 0.717) is 5.69 Å². The molecular weight excluding hydrogens is 370 g/mol. The number of carbonyl (C=O) groups excluding carboxylic acids is 2. The Morgan fingerprint density at radius 2 is 1.86 bits per heavy atom. The highest BCUT2D eigenvalue weighted by atomic mass is 16.1. The number of hydrogen-bond donors (Lipinski definition) is 4. The van der Waals surface area contributed by atoms with Crippen molar-refractivity contribution in [1.29, 1.82) is 0 Å². The number of benzene rings is 1. The first-order valence-corrected chi connectivity index (χ1v) is 8.99. The topological polar surface area (TPSA) is 149 Å². The lowest BCUT2D eigenvalue weighted by molar-refractivity contribution is -0.120. The second-order valence-electron chi connectivity index (χ2n) is 7.70. The lowest BCUT2D eigenvalue weighted by Gasteiger charge is -2.29. The van der Waals surface area contributed by atoms with Crippen LogP contribution in [-0.4, -0.2) is 32.8 Å². The molecule has 29 heavy (non-hydrogen) atoms. The fourth-order valence-electron chi connectivity index (χ4n) is 2.87. The maximum absolute atomic E-state index is 11.8. The molecule has 0 fully saturated rings. The van der Waals surface area contributed by atoms with E-state index in [4.69, 9.17) is 11.5 Å². The molecule has 2 amide bonds. The van der Waals surface area contributed by atoms with Crippen LogP contribution in [0, 0.1) is 5.41 Å². The van der Waals surface area contributed by atoms with Crippen molar-refractivity contribution in [1.82, 2.24) is 15.0 Å². The molecule has 0 saturated carbocycles. The van der Waals surface area contributed by atoms with Gasteiger partial charge in [0.25, 0.3) is 5.91 Å². The maximum Gasteiger partial charge on any atom is 0.271 e. The van der Waals surface area contributed by atoms with Gasteiger partial charge in [-0.05, 0) is 23.6 Å². The number of hydrogen-bond acceptors (Lipinski definition) is 7. The van der Waals surface area contributed by atoms with Crippen LogP contribution in [-0.2, 0) is 4.79 Å². The second-order valence-corrected chi connectivity index (χ2v) is 7.70. The van der Waals surface area contributed by atoms with Gasteiger partial charge < -0.3 is 22.1 Å². The number of amides is 2. The predicted molar refractivity (Wildman–Crippen MR) is 112 cm³/mol. The summed E-state index contributed by atoms with van der Waals surface area (Å²) in [4.78, 5) is 36.4. The quantitative estimate of drug-likeness (QED) is 0.501. The SMILES string of the molecule is CC(C)(C)[C@@H](Nc1cnc(C(N)=O)c(Nc2ccc3cccnc3c2)n1)C(N)=O. The molecule has 2 heterocycles. The van der Waals surface area contributed by atoms with Gasteiger partial charge in [-0.2, -0.15) is 0 Å². The largest absolute Gasteiger partial charge is 0.368 e. The number of fused-ring (bicyclic) bond motifs is 1. The molecule has 2 aromatic heterocycles. The normalized spacial score (nSPS) is 12.4. The van der Waals surface area contributed by atoms with E-state index < -0.39 is 23.3 Å². The van der Waals surface area contributed by atoms with E-state index in [9.17, 15) is 9.59 Å². The third kappa shape index (κ3) is 4.57. The lowest BCUT2D eigenvalue weighted by atomic mass is 9.86. The molecule has 0 radical (unpaired) electrons. The van der Waals surface area contributed by atoms with Crippen molar-refractivity contribution in [2.24, 2.45) is 16.9 Å². The number of nitrogens with one attached hydrogen (secondary N) is 2. The van der Waals surface area contributed by atoms with Crippen LogP contribution in [0.5, 0.6) is 0 Å². The molecule has 3 aromatic rings. The van der Waals surface area contributed by atoms with Crippen molar-refractivity contribution >= 4 is 40.0 Å². The molecule has 150 valence electrons. The van der Waals surface area contributed by atoms with Crippen LogP contribution in [0.2, 0.25) is 0 Å². The van der Waals surface area contributed by atoms with Crippen LogP contribution >= 0.6 is 0 Å². The van der Waals surface area contributed by atoms with Crippen molar-refractivity contribution in [3.63, 3.8) is 0 Å². The second kappa shape index (κ2) is 7.70. The highest BCUT2D eigenvalue weighted by Gasteiger charge is 2.30. The van der Waals surface area contributed by atoms with Crippen LogP contribution in [0.25, 0.3) is 10.9 Å². The highest BCUT2D eigenvalue weighted by molar-refractivity contribution is 5.96. The fourth-order valence-corrected chi connectivity index (χ4v) is 2.87. The molecular formula is C20H23N7O2. The molecule has 0 spiro atoms. The molecule has 9 heteroatoms. The summed E-state index contributed by atoms with van der Waals surface area (Å²) in [6, 6.07) is 8.66. The number of primary amides is 2. The molecule has 0 aliphatic rings. The standard InChI is InChI=1S/C20H23N7O2/c1-20(2,3)16(18(22)29)26-14-10-24-15(17(21)28)19(27-14)25-12-7-6-11-5-4-8-23-13(11)9-12/h4-10,16H,1-3H3,(H2,21,28)(H2,22,29)(H2,25,26,27)/t16-/m0/s1. The number of anilines is 3. The Labute approximate surface area is 167 Å². The molecule has 0 aliphatic carbocycles. The number of pyridine rings is 1. The first-order valence-electron chi connectivity index (χ1n) is 8.99. The highest BCUT2D eigenvalue weighted by Crippen LogP contribution is 2.25. The van der Waals surface area contributed by atoms with Gasteiger partial charge in [-0.1, -0.05) is 32.9 Å². The van der Waals surface area contributed by atoms with Crippen molar-refractivity contribution in [2.45, 2.75) is 26.8 Å². The molecule has 9 nitrogen and oxygen atoms in total. The zero-order chi connectivity index (χ0) is 21.2. The van der Waals surface area contributed by atoms with Crippen molar-refractivity contribution in [3.05, 3.63) is 48.4 Å². The predicted octanol–water partition coefficient (Wildman–Crippen LogP) is 2.18. The summed E-state index contributed by atoms with van der Waals surface area (Å²) >= 11 is 0. The van der Waals surface area contributed by atoms with Crippen molar-refractivity contribution in [2.75, 3.05) is 10.6 Å². The smallest absolute Gasteiger partial charge is 0.271 e. The maximum atomic E-state index is 11.8. The summed E-state index contributed by atoms with van der Waals surface area (Å²) in [6.07, 6.45) is 3.04. The minimum Gasteiger partial charge on any atom is -0.368 e. The minimum atomic E-state index is -0.729. The van der Waals surface area contributed by atoms with Gasteiger partial charge in [0, 0.05) is 17.3 Å². The van der Waals surface area contributed by atoms with Crippen LogP contribution in [0.15, 0.2) is 42.7 Å². The fraction of sp³-hybridized carbons (Fsp3) is 0.250. The average molecular weight is 393 g/mol. The van der Waals surface area contributed by atoms with Gasteiger partial charge in [0.2, 0.25) is 5.91 Å². The third-order valence-corrected chi connectivity index (χ3v) is 4.32. The van der Waals surface area contributed by atoms with Crippen molar-refractivity contribution < 1.29 is 9.59 Å². The van der Waals surface area contributed by atoms with Crippen LogP contribution in [0.1, 0.15) is 31.3 Å². The summed E-state index contributed by atoms with van der Waals surface area (Å²) < 4.78 is 0. The van der Waals surface area contributed by atoms with E-state index in [1.54, 1.807) is 6.20 Å². The molecule has 0 saturated heterocycles. The lowest BCUT2D eigenvalue weighted by Crippen LogP contribution is -2.45. The van der Waals surface area contributed by atoms with Gasteiger partial charge in [0.05, 0.1) is 11.7 Å². The Balaban J connectivity index is 1.96. The van der Waals surface area contributed by atoms with Gasteiger partial charge >= 0.3 is 0 Å². The van der Waals surface area contributed by atoms with E-state index in [-0.39, 0.29) is 17.3 Å². The minimum absolute atomic E-state index is 0.0250. The third-order valence-electron chi connectivity index (χ3n) is 4.32. The molecule has 0 aliphatic heterocycles. The van der Waals surface area contributed by atoms with E-state index >= 15 is 0 Å². The average Bonchev–Trinajstić information content (AvgIpc) is 2.65. The number of aromatic nitrogens is 3. The van der Waals surface area contributed by atoms with E-state index in [1.807, 2.05) is 51.1 Å². The van der Waals surface area contributed by atoms with Crippen LogP contribution < -0.4 is 22.1 Å². The van der Waals surface area contributed by atoms with E-state index in [1.165, 1.54) is 6.20 Å². The zero-order valence-corrected chi connectivity index (χ0v) is 16.4. The van der Waals surface area contributed by atoms with Gasteiger partial charge in [-0.15, -0.1) is 0 Å². The Kier molecular flexibility index (Phi) is 5.31. The Hall–Kier alpha value is -3.75. The molecule has 0 unspecified atom stereocenters. The summed E-state index contributed by atoms with van der Waals surface area (Å²) in [5.74, 6) is -0.800. The summed E-state index contributed by atoms with van der Waals surface area (Å²) in [6.45, 7) is 5.63. The Morgan fingerprint density at radius 1 is 1.10 bits per heavy atom. The summed E-state index contributed by atoms with van der Waals surface area (Å²) in [5.41, 5.74) is 11.9. The molecule has 0 bridgehead atoms. The first-order chi connectivity index (χ1) is 13.6. The first kappa shape index (κ1) is 20.0. The van der Waals surface area contributed by atoms with Crippen LogP contribution in [0.4, 0.5) is 17.3 Å². The van der Waals surface area contributed by atoms with E-state index in [2.05, 4.69) is 25.6 Å². The zero-order valence-electron chi connectivity index (χ0n) is 16.4. The Bertz CT molecular complexity index is 1080. The summed E-state index contributed by atoms with van der Waals surface area (Å²) in [5, 5.41) is 7.02. The van der Waals surface area contributed by atoms with Gasteiger partial charge in [0.1, 0.15) is 11.9 Å². The van der Waals surface area contributed by atoms with Gasteiger partial charge in [-0.3, -0.25) is 14.6 Å². The molecule has 3 rings (SSSR count). The number of rotatable bonds is 6. The number of nitrogens with zero attached hydrogens (tertiary/aromatic N) is 3. The van der Waals surface area contributed by atoms with Crippen molar-refractivity contribution in [3.8, 4) is 0 Å². The van der Waals surface area contributed by atoms with E-state index in [0.717, 1.165) is 10.9 Å². The number of nitrogens with two attached hydrogens (primary N) is 2. The van der Waals surface area contributed by atoms with Gasteiger partial charge in [0.15, 0.2) is 11.5 Å². The molecule has 6 N–H and O–H groups in total.